The molecule has 1 saturated heterocycles. The number of carbonyl (C=O) groups excluding carboxylic acids is 3. The summed E-state index contributed by atoms with van der Waals surface area (Å²) in [5, 5.41) is 2.77. The van der Waals surface area contributed by atoms with Crippen molar-refractivity contribution in [2.24, 2.45) is 0 Å². The van der Waals surface area contributed by atoms with Crippen LogP contribution in [0.5, 0.6) is 0 Å². The Bertz CT molecular complexity index is 788. The largest absolute Gasteiger partial charge is 0.347 e. The summed E-state index contributed by atoms with van der Waals surface area (Å²) in [6, 6.07) is 6.71. The number of piperazine rings is 1. The van der Waals surface area contributed by atoms with Gasteiger partial charge in [0.1, 0.15) is 5.69 Å². The van der Waals surface area contributed by atoms with Crippen molar-refractivity contribution in [2.45, 2.75) is 6.54 Å². The first kappa shape index (κ1) is 17.5. The Morgan fingerprint density at radius 3 is 2.50 bits per heavy atom. The highest BCUT2D eigenvalue weighted by Crippen LogP contribution is 2.09. The summed E-state index contributed by atoms with van der Waals surface area (Å²) >= 11 is 0. The van der Waals surface area contributed by atoms with E-state index in [1.54, 1.807) is 28.3 Å². The van der Waals surface area contributed by atoms with Gasteiger partial charge in [-0.15, -0.1) is 0 Å². The maximum Gasteiger partial charge on any atom is 0.270 e. The Kier molecular flexibility index (Phi) is 5.52. The number of carbonyl (C=O) groups is 3. The van der Waals surface area contributed by atoms with Crippen molar-refractivity contribution in [1.29, 1.82) is 0 Å². The van der Waals surface area contributed by atoms with E-state index in [4.69, 9.17) is 0 Å². The number of hydrogen-bond acceptors (Lipinski definition) is 5. The molecule has 1 aliphatic heterocycles. The highest BCUT2D eigenvalue weighted by molar-refractivity contribution is 5.98. The van der Waals surface area contributed by atoms with Gasteiger partial charge in [-0.3, -0.25) is 24.4 Å². The van der Waals surface area contributed by atoms with Gasteiger partial charge in [-0.05, 0) is 29.8 Å². The molecule has 1 aliphatic rings. The molecule has 0 aromatic carbocycles. The van der Waals surface area contributed by atoms with E-state index >= 15 is 0 Å². The minimum absolute atomic E-state index is 0.166. The lowest BCUT2D eigenvalue weighted by Gasteiger charge is -2.32. The van der Waals surface area contributed by atoms with Gasteiger partial charge in [0.25, 0.3) is 11.8 Å². The van der Waals surface area contributed by atoms with Gasteiger partial charge in [-0.25, -0.2) is 0 Å². The van der Waals surface area contributed by atoms with Gasteiger partial charge < -0.3 is 15.1 Å². The predicted molar refractivity (Wildman–Crippen MR) is 93.2 cm³/mol. The normalized spacial score (nSPS) is 14.0. The van der Waals surface area contributed by atoms with Crippen LogP contribution in [0.2, 0.25) is 0 Å². The maximum atomic E-state index is 12.6. The van der Waals surface area contributed by atoms with Crippen LogP contribution in [0.25, 0.3) is 0 Å². The first-order valence-corrected chi connectivity index (χ1v) is 8.29. The molecular formula is C18H19N5O3. The molecule has 0 bridgehead atoms. The van der Waals surface area contributed by atoms with Gasteiger partial charge in [-0.2, -0.15) is 0 Å². The molecule has 26 heavy (non-hydrogen) atoms. The van der Waals surface area contributed by atoms with Crippen molar-refractivity contribution in [1.82, 2.24) is 25.1 Å². The van der Waals surface area contributed by atoms with E-state index in [-0.39, 0.29) is 17.5 Å². The van der Waals surface area contributed by atoms with Gasteiger partial charge in [0.05, 0.1) is 0 Å². The SMILES string of the molecule is O=CN1CCN(C(=O)c2ccnc(C(=O)NCc3ccncc3)c2)CC1. The van der Waals surface area contributed by atoms with E-state index in [0.717, 1.165) is 12.0 Å². The van der Waals surface area contributed by atoms with Crippen molar-refractivity contribution < 1.29 is 14.4 Å². The van der Waals surface area contributed by atoms with E-state index < -0.39 is 0 Å². The Morgan fingerprint density at radius 1 is 1.08 bits per heavy atom. The van der Waals surface area contributed by atoms with Crippen LogP contribution in [-0.2, 0) is 11.3 Å². The summed E-state index contributed by atoms with van der Waals surface area (Å²) in [5.74, 6) is -0.511. The molecular weight excluding hydrogens is 334 g/mol. The lowest BCUT2D eigenvalue weighted by atomic mass is 10.1. The molecule has 2 aromatic rings. The highest BCUT2D eigenvalue weighted by Gasteiger charge is 2.22. The molecule has 3 rings (SSSR count). The zero-order chi connectivity index (χ0) is 18.4. The van der Waals surface area contributed by atoms with Crippen molar-refractivity contribution in [3.8, 4) is 0 Å². The molecule has 3 heterocycles. The van der Waals surface area contributed by atoms with E-state index in [2.05, 4.69) is 15.3 Å². The van der Waals surface area contributed by atoms with Gasteiger partial charge in [0, 0.05) is 56.9 Å². The van der Waals surface area contributed by atoms with E-state index in [1.165, 1.54) is 12.3 Å². The third-order valence-corrected chi connectivity index (χ3v) is 4.19. The first-order chi connectivity index (χ1) is 12.7. The standard InChI is InChI=1S/C18H19N5O3/c24-13-22-7-9-23(10-8-22)18(26)15-3-6-20-16(11-15)17(25)21-12-14-1-4-19-5-2-14/h1-6,11,13H,7-10,12H2,(H,21,25). The summed E-state index contributed by atoms with van der Waals surface area (Å²) in [6.07, 6.45) is 5.56. The van der Waals surface area contributed by atoms with Crippen LogP contribution in [0.4, 0.5) is 0 Å². The predicted octanol–water partition coefficient (Wildman–Crippen LogP) is 0.321. The molecule has 0 spiro atoms. The van der Waals surface area contributed by atoms with Crippen molar-refractivity contribution in [3.63, 3.8) is 0 Å². The second kappa shape index (κ2) is 8.19. The van der Waals surface area contributed by atoms with Gasteiger partial charge in [0.15, 0.2) is 0 Å². The average molecular weight is 353 g/mol. The zero-order valence-electron chi connectivity index (χ0n) is 14.2. The van der Waals surface area contributed by atoms with Gasteiger partial charge in [0.2, 0.25) is 6.41 Å². The van der Waals surface area contributed by atoms with Crippen LogP contribution in [0.15, 0.2) is 42.9 Å². The topological polar surface area (TPSA) is 95.5 Å². The fourth-order valence-electron chi connectivity index (χ4n) is 2.67. The molecule has 8 nitrogen and oxygen atoms in total. The monoisotopic (exact) mass is 353 g/mol. The molecule has 0 unspecified atom stereocenters. The summed E-state index contributed by atoms with van der Waals surface area (Å²) in [4.78, 5) is 46.9. The quantitative estimate of drug-likeness (QED) is 0.781. The van der Waals surface area contributed by atoms with Crippen LogP contribution in [0.3, 0.4) is 0 Å². The van der Waals surface area contributed by atoms with Crippen LogP contribution >= 0.6 is 0 Å². The van der Waals surface area contributed by atoms with Gasteiger partial charge >= 0.3 is 0 Å². The van der Waals surface area contributed by atoms with Crippen molar-refractivity contribution in [3.05, 3.63) is 59.7 Å². The summed E-state index contributed by atoms with van der Waals surface area (Å²) in [7, 11) is 0. The fraction of sp³-hybridized carbons (Fsp3) is 0.278. The molecule has 134 valence electrons. The number of aromatic nitrogens is 2. The number of nitrogens with zero attached hydrogens (tertiary/aromatic N) is 4. The molecule has 3 amide bonds. The highest BCUT2D eigenvalue weighted by atomic mass is 16.2. The third-order valence-electron chi connectivity index (χ3n) is 4.19. The fourth-order valence-corrected chi connectivity index (χ4v) is 2.67. The molecule has 0 atom stereocenters. The molecule has 1 N–H and O–H groups in total. The van der Waals surface area contributed by atoms with Crippen LogP contribution < -0.4 is 5.32 Å². The van der Waals surface area contributed by atoms with Crippen molar-refractivity contribution in [2.75, 3.05) is 26.2 Å². The summed E-state index contributed by atoms with van der Waals surface area (Å²) in [6.45, 7) is 2.33. The average Bonchev–Trinajstić information content (AvgIpc) is 2.72. The van der Waals surface area contributed by atoms with Crippen LogP contribution in [0, 0.1) is 0 Å². The van der Waals surface area contributed by atoms with Crippen LogP contribution in [-0.4, -0.2) is 64.2 Å². The minimum Gasteiger partial charge on any atom is -0.347 e. The molecule has 1 fully saturated rings. The number of hydrogen-bond donors (Lipinski definition) is 1. The van der Waals surface area contributed by atoms with Gasteiger partial charge in [-0.1, -0.05) is 0 Å². The third kappa shape index (κ3) is 4.21. The molecule has 8 heteroatoms. The smallest absolute Gasteiger partial charge is 0.270 e. The second-order valence-electron chi connectivity index (χ2n) is 5.90. The number of nitrogens with one attached hydrogen (secondary N) is 1. The number of pyridine rings is 2. The maximum absolute atomic E-state index is 12.6. The minimum atomic E-state index is -0.345. The summed E-state index contributed by atoms with van der Waals surface area (Å²) < 4.78 is 0. The zero-order valence-corrected chi connectivity index (χ0v) is 14.2. The molecule has 0 aliphatic carbocycles. The molecule has 2 aromatic heterocycles. The molecule has 0 saturated carbocycles. The van der Waals surface area contributed by atoms with E-state index in [1.807, 2.05) is 12.1 Å². The Balaban J connectivity index is 1.63. The van der Waals surface area contributed by atoms with E-state index in [9.17, 15) is 14.4 Å². The Hall–Kier alpha value is -3.29. The van der Waals surface area contributed by atoms with Crippen molar-refractivity contribution >= 4 is 18.2 Å². The lowest BCUT2D eigenvalue weighted by Crippen LogP contribution is -2.48. The first-order valence-electron chi connectivity index (χ1n) is 8.29. The van der Waals surface area contributed by atoms with E-state index in [0.29, 0.717) is 38.3 Å². The number of amides is 3. The Morgan fingerprint density at radius 2 is 1.81 bits per heavy atom. The second-order valence-corrected chi connectivity index (χ2v) is 5.90. The summed E-state index contributed by atoms with van der Waals surface area (Å²) in [5.41, 5.74) is 1.53. The lowest BCUT2D eigenvalue weighted by molar-refractivity contribution is -0.119. The van der Waals surface area contributed by atoms with Crippen LogP contribution in [0.1, 0.15) is 26.4 Å². The molecule has 0 radical (unpaired) electrons. The number of rotatable bonds is 5. The Labute approximate surface area is 150 Å².